The van der Waals surface area contributed by atoms with Crippen LogP contribution in [-0.4, -0.2) is 34.7 Å². The lowest BCUT2D eigenvalue weighted by Crippen LogP contribution is -2.08. The predicted octanol–water partition coefficient (Wildman–Crippen LogP) is 4.07. The molecule has 0 aliphatic carbocycles. The molecule has 0 fully saturated rings. The van der Waals surface area contributed by atoms with Crippen LogP contribution >= 0.6 is 0 Å². The molecule has 2 N–H and O–H groups in total. The summed E-state index contributed by atoms with van der Waals surface area (Å²) in [6, 6.07) is 10.6. The molecule has 0 atom stereocenters. The first-order valence-electron chi connectivity index (χ1n) is 9.29. The average Bonchev–Trinajstić information content (AvgIpc) is 2.71. The third-order valence-electron chi connectivity index (χ3n) is 3.84. The third kappa shape index (κ3) is 7.63. The van der Waals surface area contributed by atoms with Crippen molar-refractivity contribution in [3.8, 4) is 11.5 Å². The number of aliphatic carboxylic acids is 1. The smallest absolute Gasteiger partial charge is 0.338 e. The Morgan fingerprint density at radius 3 is 2.20 bits per heavy atom. The Morgan fingerprint density at radius 2 is 1.60 bits per heavy atom. The van der Waals surface area contributed by atoms with E-state index in [1.807, 2.05) is 6.92 Å². The van der Waals surface area contributed by atoms with Crippen molar-refractivity contribution in [1.82, 2.24) is 0 Å². The van der Waals surface area contributed by atoms with Crippen LogP contribution in [0.3, 0.4) is 0 Å². The van der Waals surface area contributed by atoms with Gasteiger partial charge >= 0.3 is 17.9 Å². The molecular weight excluding hydrogens is 388 g/mol. The number of carboxylic acid groups (broad SMARTS) is 1. The standard InChI is InChI=1S/C23H22O7/c1-2-3-12-29-23(28)18-13-19(24)15-20(14-18)30-22(27)11-9-17-6-4-16(5-7-17)8-10-21(25)26/h4-11,13-15,24H,2-3,12H2,1H3,(H,25,26)/b10-8+,11-9+. The number of hydrogen-bond donors (Lipinski definition) is 2. The molecule has 0 aliphatic heterocycles. The molecular formula is C23H22O7. The number of aromatic hydroxyl groups is 1. The van der Waals surface area contributed by atoms with Gasteiger partial charge in [-0.15, -0.1) is 0 Å². The first kappa shape index (κ1) is 22.4. The van der Waals surface area contributed by atoms with E-state index in [0.717, 1.165) is 18.9 Å². The maximum Gasteiger partial charge on any atom is 0.338 e. The second-order valence-electron chi connectivity index (χ2n) is 6.30. The van der Waals surface area contributed by atoms with E-state index in [1.165, 1.54) is 36.4 Å². The molecule has 0 radical (unpaired) electrons. The molecule has 156 valence electrons. The summed E-state index contributed by atoms with van der Waals surface area (Å²) < 4.78 is 10.2. The van der Waals surface area contributed by atoms with Crippen molar-refractivity contribution >= 4 is 30.1 Å². The number of hydrogen-bond acceptors (Lipinski definition) is 6. The zero-order valence-corrected chi connectivity index (χ0v) is 16.4. The molecule has 0 aromatic heterocycles. The number of rotatable bonds is 9. The van der Waals surface area contributed by atoms with Gasteiger partial charge in [0, 0.05) is 18.2 Å². The lowest BCUT2D eigenvalue weighted by molar-refractivity contribution is -0.131. The highest BCUT2D eigenvalue weighted by Crippen LogP contribution is 2.23. The van der Waals surface area contributed by atoms with Crippen molar-refractivity contribution in [1.29, 1.82) is 0 Å². The molecule has 7 heteroatoms. The van der Waals surface area contributed by atoms with Crippen LogP contribution in [0.4, 0.5) is 0 Å². The predicted molar refractivity (Wildman–Crippen MR) is 111 cm³/mol. The number of esters is 2. The molecule has 2 rings (SSSR count). The van der Waals surface area contributed by atoms with Gasteiger partial charge in [0.25, 0.3) is 0 Å². The van der Waals surface area contributed by atoms with Crippen LogP contribution in [0.2, 0.25) is 0 Å². The largest absolute Gasteiger partial charge is 0.508 e. The van der Waals surface area contributed by atoms with E-state index in [-0.39, 0.29) is 23.7 Å². The number of ether oxygens (including phenoxy) is 2. The molecule has 0 saturated carbocycles. The number of carboxylic acids is 1. The summed E-state index contributed by atoms with van der Waals surface area (Å²) in [7, 11) is 0. The minimum atomic E-state index is -1.04. The van der Waals surface area contributed by atoms with Crippen molar-refractivity contribution in [2.45, 2.75) is 19.8 Å². The number of phenols is 1. The number of benzene rings is 2. The number of phenolic OH excluding ortho intramolecular Hbond substituents is 1. The van der Waals surface area contributed by atoms with Gasteiger partial charge in [-0.25, -0.2) is 14.4 Å². The van der Waals surface area contributed by atoms with Crippen LogP contribution in [0.15, 0.2) is 54.6 Å². The molecule has 2 aromatic rings. The maximum atomic E-state index is 12.1. The average molecular weight is 410 g/mol. The normalized spacial score (nSPS) is 11.0. The van der Waals surface area contributed by atoms with Crippen LogP contribution in [-0.2, 0) is 14.3 Å². The van der Waals surface area contributed by atoms with Crippen molar-refractivity contribution in [2.24, 2.45) is 0 Å². The van der Waals surface area contributed by atoms with Crippen molar-refractivity contribution in [2.75, 3.05) is 6.61 Å². The van der Waals surface area contributed by atoms with Crippen molar-refractivity contribution < 1.29 is 34.1 Å². The zero-order valence-electron chi connectivity index (χ0n) is 16.4. The van der Waals surface area contributed by atoms with Gasteiger partial charge in [-0.1, -0.05) is 37.6 Å². The molecule has 2 aromatic carbocycles. The molecule has 0 aliphatic rings. The molecule has 30 heavy (non-hydrogen) atoms. The fourth-order valence-corrected chi connectivity index (χ4v) is 2.35. The van der Waals surface area contributed by atoms with E-state index < -0.39 is 17.9 Å². The Labute approximate surface area is 173 Å². The van der Waals surface area contributed by atoms with Crippen LogP contribution in [0.25, 0.3) is 12.2 Å². The summed E-state index contributed by atoms with van der Waals surface area (Å²) in [6.07, 6.45) is 6.82. The first-order valence-corrected chi connectivity index (χ1v) is 9.29. The Kier molecular flexibility index (Phi) is 8.38. The summed E-state index contributed by atoms with van der Waals surface area (Å²) in [5.74, 6) is -2.55. The molecule has 7 nitrogen and oxygen atoms in total. The summed E-state index contributed by atoms with van der Waals surface area (Å²) in [6.45, 7) is 2.24. The van der Waals surface area contributed by atoms with Gasteiger partial charge in [0.1, 0.15) is 11.5 Å². The summed E-state index contributed by atoms with van der Waals surface area (Å²) in [4.78, 5) is 34.6. The highest BCUT2D eigenvalue weighted by atomic mass is 16.5. The Morgan fingerprint density at radius 1 is 0.967 bits per heavy atom. The highest BCUT2D eigenvalue weighted by Gasteiger charge is 2.12. The van der Waals surface area contributed by atoms with E-state index in [4.69, 9.17) is 14.6 Å². The summed E-state index contributed by atoms with van der Waals surface area (Å²) in [5, 5.41) is 18.4. The highest BCUT2D eigenvalue weighted by molar-refractivity contribution is 5.92. The molecule has 0 bridgehead atoms. The number of carbonyl (C=O) groups is 3. The lowest BCUT2D eigenvalue weighted by Gasteiger charge is -2.07. The van der Waals surface area contributed by atoms with Crippen LogP contribution in [0.5, 0.6) is 11.5 Å². The van der Waals surface area contributed by atoms with E-state index in [1.54, 1.807) is 24.3 Å². The van der Waals surface area contributed by atoms with Gasteiger partial charge in [-0.3, -0.25) is 0 Å². The Bertz CT molecular complexity index is 956. The first-order chi connectivity index (χ1) is 14.4. The van der Waals surface area contributed by atoms with E-state index in [9.17, 15) is 19.5 Å². The third-order valence-corrected chi connectivity index (χ3v) is 3.84. The van der Waals surface area contributed by atoms with Gasteiger partial charge in [-0.05, 0) is 41.8 Å². The van der Waals surface area contributed by atoms with Gasteiger partial charge in [0.05, 0.1) is 12.2 Å². The van der Waals surface area contributed by atoms with Crippen LogP contribution in [0.1, 0.15) is 41.3 Å². The van der Waals surface area contributed by atoms with Crippen LogP contribution in [0, 0.1) is 0 Å². The van der Waals surface area contributed by atoms with Crippen molar-refractivity contribution in [3.63, 3.8) is 0 Å². The van der Waals surface area contributed by atoms with Crippen LogP contribution < -0.4 is 4.74 Å². The molecule has 0 spiro atoms. The number of unbranched alkanes of at least 4 members (excludes halogenated alkanes) is 1. The zero-order chi connectivity index (χ0) is 21.9. The quantitative estimate of drug-likeness (QED) is 0.277. The molecule has 0 heterocycles. The van der Waals surface area contributed by atoms with Gasteiger partial charge in [0.15, 0.2) is 0 Å². The van der Waals surface area contributed by atoms with Gasteiger partial charge in [-0.2, -0.15) is 0 Å². The molecule has 0 saturated heterocycles. The second kappa shape index (κ2) is 11.2. The van der Waals surface area contributed by atoms with E-state index in [0.29, 0.717) is 11.1 Å². The minimum Gasteiger partial charge on any atom is -0.508 e. The second-order valence-corrected chi connectivity index (χ2v) is 6.30. The summed E-state index contributed by atoms with van der Waals surface area (Å²) in [5.41, 5.74) is 1.49. The van der Waals surface area contributed by atoms with Gasteiger partial charge in [0.2, 0.25) is 0 Å². The van der Waals surface area contributed by atoms with Gasteiger partial charge < -0.3 is 19.7 Å². The molecule has 0 amide bonds. The number of carbonyl (C=O) groups excluding carboxylic acids is 2. The summed E-state index contributed by atoms with van der Waals surface area (Å²) >= 11 is 0. The minimum absolute atomic E-state index is 0.0150. The Balaban J connectivity index is 2.00. The van der Waals surface area contributed by atoms with Crippen molar-refractivity contribution in [3.05, 3.63) is 71.3 Å². The topological polar surface area (TPSA) is 110 Å². The maximum absolute atomic E-state index is 12.1. The monoisotopic (exact) mass is 410 g/mol. The van der Waals surface area contributed by atoms with E-state index in [2.05, 4.69) is 0 Å². The Hall–Kier alpha value is -3.87. The van der Waals surface area contributed by atoms with E-state index >= 15 is 0 Å². The lowest BCUT2D eigenvalue weighted by atomic mass is 10.1. The fourth-order valence-electron chi connectivity index (χ4n) is 2.35. The fraction of sp³-hybridized carbons (Fsp3) is 0.174. The molecule has 0 unspecified atom stereocenters. The SMILES string of the molecule is CCCCOC(=O)c1cc(O)cc(OC(=O)/C=C/c2ccc(/C=C/C(=O)O)cc2)c1.